The standard InChI is InChI=1S/C17H21BO6/c1-4-23-17(2,3)14(19)9-10-15(20)24-13-7-5-12(6-8-13)11-22-16(18)21/h5-8H,4,9-11H2,1-3H3. The quantitative estimate of drug-likeness (QED) is 0.393. The average Bonchev–Trinajstić information content (AvgIpc) is 2.51. The molecule has 1 aromatic carbocycles. The molecule has 0 atom stereocenters. The molecule has 0 fully saturated rings. The Morgan fingerprint density at radius 3 is 2.25 bits per heavy atom. The Kier molecular flexibility index (Phi) is 7.65. The third-order valence-corrected chi connectivity index (χ3v) is 3.27. The molecule has 0 saturated carbocycles. The van der Waals surface area contributed by atoms with E-state index in [-0.39, 0.29) is 25.2 Å². The molecular weight excluding hydrogens is 311 g/mol. The number of esters is 1. The van der Waals surface area contributed by atoms with Gasteiger partial charge in [-0.2, -0.15) is 0 Å². The number of hydrogen-bond acceptors (Lipinski definition) is 6. The van der Waals surface area contributed by atoms with Crippen LogP contribution in [0.3, 0.4) is 0 Å². The van der Waals surface area contributed by atoms with E-state index in [4.69, 9.17) is 17.3 Å². The van der Waals surface area contributed by atoms with E-state index in [1.807, 2.05) is 0 Å². The van der Waals surface area contributed by atoms with Crippen LogP contribution in [0.5, 0.6) is 5.75 Å². The summed E-state index contributed by atoms with van der Waals surface area (Å²) < 4.78 is 15.1. The summed E-state index contributed by atoms with van der Waals surface area (Å²) in [6.07, 6.45) is 0.0260. The van der Waals surface area contributed by atoms with Gasteiger partial charge in [0.1, 0.15) is 18.0 Å². The molecule has 7 heteroatoms. The molecule has 0 aliphatic rings. The molecule has 0 N–H and O–H groups in total. The molecule has 0 saturated heterocycles. The number of ketones is 1. The van der Waals surface area contributed by atoms with Crippen molar-refractivity contribution in [3.8, 4) is 5.75 Å². The summed E-state index contributed by atoms with van der Waals surface area (Å²) in [5.41, 5.74) is -0.195. The van der Waals surface area contributed by atoms with Crippen molar-refractivity contribution in [3.05, 3.63) is 29.8 Å². The topological polar surface area (TPSA) is 78.9 Å². The first kappa shape index (κ1) is 19.9. The number of hydrogen-bond donors (Lipinski definition) is 0. The van der Waals surface area contributed by atoms with E-state index < -0.39 is 17.4 Å². The molecule has 0 bridgehead atoms. The highest BCUT2D eigenvalue weighted by Crippen LogP contribution is 2.16. The van der Waals surface area contributed by atoms with Crippen molar-refractivity contribution in [3.63, 3.8) is 0 Å². The van der Waals surface area contributed by atoms with Crippen molar-refractivity contribution in [1.82, 2.24) is 0 Å². The maximum Gasteiger partial charge on any atom is 0.311 e. The summed E-state index contributed by atoms with van der Waals surface area (Å²) >= 11 is 0. The Bertz CT molecular complexity index is 579. The second-order valence-corrected chi connectivity index (χ2v) is 5.59. The molecule has 0 aliphatic heterocycles. The smallest absolute Gasteiger partial charge is 0.311 e. The summed E-state index contributed by atoms with van der Waals surface area (Å²) in [5, 5.41) is 0. The number of benzene rings is 1. The van der Waals surface area contributed by atoms with E-state index in [9.17, 15) is 14.4 Å². The minimum atomic E-state index is -0.906. The predicted molar refractivity (Wildman–Crippen MR) is 88.0 cm³/mol. The maximum absolute atomic E-state index is 12.0. The molecule has 0 aliphatic carbocycles. The van der Waals surface area contributed by atoms with Crippen LogP contribution < -0.4 is 4.74 Å². The van der Waals surface area contributed by atoms with Gasteiger partial charge in [-0.05, 0) is 38.5 Å². The molecule has 0 unspecified atom stereocenters. The minimum Gasteiger partial charge on any atom is -0.470 e. The third-order valence-electron chi connectivity index (χ3n) is 3.27. The molecule has 6 nitrogen and oxygen atoms in total. The van der Waals surface area contributed by atoms with Gasteiger partial charge in [-0.3, -0.25) is 14.4 Å². The fourth-order valence-corrected chi connectivity index (χ4v) is 1.95. The van der Waals surface area contributed by atoms with Crippen molar-refractivity contribution in [2.45, 2.75) is 45.8 Å². The zero-order valence-electron chi connectivity index (χ0n) is 14.2. The maximum atomic E-state index is 12.0. The highest BCUT2D eigenvalue weighted by atomic mass is 16.5. The SMILES string of the molecule is [B]C(=O)OCc1ccc(OC(=O)CCC(=O)C(C)(C)OCC)cc1. The van der Waals surface area contributed by atoms with E-state index in [0.29, 0.717) is 17.9 Å². The van der Waals surface area contributed by atoms with Gasteiger partial charge in [0.05, 0.1) is 6.42 Å². The van der Waals surface area contributed by atoms with Gasteiger partial charge >= 0.3 is 5.97 Å². The molecule has 0 heterocycles. The number of carbonyl (C=O) groups excluding carboxylic acids is 3. The van der Waals surface area contributed by atoms with Crippen molar-refractivity contribution < 1.29 is 28.6 Å². The van der Waals surface area contributed by atoms with E-state index in [2.05, 4.69) is 4.74 Å². The molecule has 2 radical (unpaired) electrons. The fraction of sp³-hybridized carbons (Fsp3) is 0.471. The lowest BCUT2D eigenvalue weighted by atomic mass is 9.99. The van der Waals surface area contributed by atoms with Crippen molar-refractivity contribution in [2.24, 2.45) is 0 Å². The second kappa shape index (κ2) is 9.22. The second-order valence-electron chi connectivity index (χ2n) is 5.59. The van der Waals surface area contributed by atoms with Crippen molar-refractivity contribution in [2.75, 3.05) is 6.61 Å². The summed E-state index contributed by atoms with van der Waals surface area (Å²) in [7, 11) is 4.88. The molecule has 0 aromatic heterocycles. The number of ether oxygens (including phenoxy) is 3. The van der Waals surface area contributed by atoms with Crippen LogP contribution in [0.4, 0.5) is 4.79 Å². The van der Waals surface area contributed by atoms with Crippen molar-refractivity contribution in [1.29, 1.82) is 0 Å². The van der Waals surface area contributed by atoms with Gasteiger partial charge in [-0.25, -0.2) is 0 Å². The van der Waals surface area contributed by atoms with Crippen LogP contribution in [0.1, 0.15) is 39.2 Å². The van der Waals surface area contributed by atoms with Crippen LogP contribution in [-0.2, 0) is 25.7 Å². The monoisotopic (exact) mass is 332 g/mol. The van der Waals surface area contributed by atoms with Gasteiger partial charge < -0.3 is 14.2 Å². The Balaban J connectivity index is 2.45. The van der Waals surface area contributed by atoms with Gasteiger partial charge in [0, 0.05) is 13.0 Å². The lowest BCUT2D eigenvalue weighted by molar-refractivity contribution is -0.143. The van der Waals surface area contributed by atoms with E-state index in [1.54, 1.807) is 45.0 Å². The first-order valence-corrected chi connectivity index (χ1v) is 7.63. The summed E-state index contributed by atoms with van der Waals surface area (Å²) in [6, 6.07) is 6.44. The zero-order chi connectivity index (χ0) is 18.2. The number of carbonyl (C=O) groups is 3. The van der Waals surface area contributed by atoms with Crippen molar-refractivity contribution >= 4 is 25.5 Å². The lowest BCUT2D eigenvalue weighted by Crippen LogP contribution is -2.35. The first-order chi connectivity index (χ1) is 11.2. The fourth-order valence-electron chi connectivity index (χ4n) is 1.95. The molecule has 128 valence electrons. The van der Waals surface area contributed by atoms with Crippen LogP contribution in [0.25, 0.3) is 0 Å². The molecule has 1 rings (SSSR count). The van der Waals surface area contributed by atoms with Gasteiger partial charge in [0.25, 0.3) is 0 Å². The average molecular weight is 332 g/mol. The van der Waals surface area contributed by atoms with Gasteiger partial charge in [-0.1, -0.05) is 12.1 Å². The predicted octanol–water partition coefficient (Wildman–Crippen LogP) is 2.56. The molecule has 24 heavy (non-hydrogen) atoms. The van der Waals surface area contributed by atoms with E-state index in [0.717, 1.165) is 0 Å². The minimum absolute atomic E-state index is 0.0259. The van der Waals surface area contributed by atoms with E-state index >= 15 is 0 Å². The Hall–Kier alpha value is -2.15. The molecule has 0 amide bonds. The Morgan fingerprint density at radius 2 is 1.71 bits per heavy atom. The normalized spacial score (nSPS) is 11.0. The zero-order valence-corrected chi connectivity index (χ0v) is 14.2. The first-order valence-electron chi connectivity index (χ1n) is 7.63. The Labute approximate surface area is 142 Å². The van der Waals surface area contributed by atoms with Gasteiger partial charge in [0.2, 0.25) is 13.7 Å². The largest absolute Gasteiger partial charge is 0.470 e. The molecule has 0 spiro atoms. The summed E-state index contributed by atoms with van der Waals surface area (Å²) in [5.74, 6) is -1.17. The lowest BCUT2D eigenvalue weighted by Gasteiger charge is -2.22. The number of rotatable bonds is 9. The highest BCUT2D eigenvalue weighted by Gasteiger charge is 2.27. The molecular formula is C17H21BO6. The third kappa shape index (κ3) is 6.96. The number of Topliss-reactive ketones (excluding diaryl/α,β-unsaturated/α-hetero) is 1. The highest BCUT2D eigenvalue weighted by molar-refractivity contribution is 6.55. The molecule has 1 aromatic rings. The summed E-state index contributed by atoms with van der Waals surface area (Å²) in [6.45, 7) is 5.63. The Morgan fingerprint density at radius 1 is 1.08 bits per heavy atom. The van der Waals surface area contributed by atoms with Gasteiger partial charge in [0.15, 0.2) is 5.78 Å². The van der Waals surface area contributed by atoms with Crippen LogP contribution in [0, 0.1) is 0 Å². The van der Waals surface area contributed by atoms with E-state index in [1.165, 1.54) is 0 Å². The van der Waals surface area contributed by atoms with Crippen LogP contribution in [0.2, 0.25) is 0 Å². The van der Waals surface area contributed by atoms with Crippen LogP contribution in [0.15, 0.2) is 24.3 Å². The summed E-state index contributed by atoms with van der Waals surface area (Å²) in [4.78, 5) is 34.3. The van der Waals surface area contributed by atoms with Crippen LogP contribution in [-0.4, -0.2) is 37.7 Å². The van der Waals surface area contributed by atoms with Crippen LogP contribution >= 0.6 is 0 Å². The van der Waals surface area contributed by atoms with Gasteiger partial charge in [-0.15, -0.1) is 0 Å².